The van der Waals surface area contributed by atoms with Crippen molar-refractivity contribution >= 4 is 40.2 Å². The maximum Gasteiger partial charge on any atom is 0.573 e. The third-order valence-corrected chi connectivity index (χ3v) is 3.50. The summed E-state index contributed by atoms with van der Waals surface area (Å²) in [6, 6.07) is 0. The number of nitrogens with zero attached hydrogens (tertiary/aromatic N) is 1. The molecule has 0 aliphatic rings. The number of alkyl halides is 4. The third kappa shape index (κ3) is 4.97. The van der Waals surface area contributed by atoms with Crippen LogP contribution in [0.4, 0.5) is 13.2 Å². The van der Waals surface area contributed by atoms with Crippen molar-refractivity contribution < 1.29 is 27.4 Å². The number of hydrogen-bond acceptors (Lipinski definition) is 4. The maximum absolute atomic E-state index is 12.4. The van der Waals surface area contributed by atoms with Gasteiger partial charge in [0.05, 0.1) is 28.2 Å². The van der Waals surface area contributed by atoms with Gasteiger partial charge in [-0.25, -0.2) is 0 Å². The van der Waals surface area contributed by atoms with Crippen LogP contribution < -0.4 is 4.74 Å². The fraction of sp³-hybridized carbons (Fsp3) is 0.455. The van der Waals surface area contributed by atoms with E-state index in [9.17, 15) is 18.0 Å². The fourth-order valence-corrected chi connectivity index (χ4v) is 2.31. The molecule has 0 N–H and O–H groups in total. The molecule has 0 saturated carbocycles. The average Bonchev–Trinajstić information content (AvgIpc) is 2.33. The van der Waals surface area contributed by atoms with Gasteiger partial charge in [-0.3, -0.25) is 9.78 Å². The minimum absolute atomic E-state index is 0.0890. The molecule has 1 aromatic heterocycles. The highest BCUT2D eigenvalue weighted by Gasteiger charge is 2.34. The van der Waals surface area contributed by atoms with Crippen molar-refractivity contribution in [1.29, 1.82) is 0 Å². The Kier molecular flexibility index (Phi) is 6.31. The van der Waals surface area contributed by atoms with Crippen LogP contribution in [-0.2, 0) is 21.8 Å². The zero-order valence-electron chi connectivity index (χ0n) is 10.3. The number of ether oxygens (including phenoxy) is 2. The van der Waals surface area contributed by atoms with Crippen LogP contribution >= 0.6 is 34.2 Å². The molecule has 0 unspecified atom stereocenters. The molecule has 0 radical (unpaired) electrons. The minimum atomic E-state index is -4.84. The summed E-state index contributed by atoms with van der Waals surface area (Å²) in [5.74, 6) is -1.19. The van der Waals surface area contributed by atoms with E-state index >= 15 is 0 Å². The normalized spacial score (nSPS) is 11.3. The Balaban J connectivity index is 3.11. The lowest BCUT2D eigenvalue weighted by Crippen LogP contribution is -2.20. The molecule has 9 heteroatoms. The molecule has 0 spiro atoms. The highest BCUT2D eigenvalue weighted by molar-refractivity contribution is 14.1. The summed E-state index contributed by atoms with van der Waals surface area (Å²) in [5.41, 5.74) is 0.248. The van der Waals surface area contributed by atoms with Gasteiger partial charge in [-0.2, -0.15) is 0 Å². The molecule has 0 saturated heterocycles. The Morgan fingerprint density at radius 2 is 2.15 bits per heavy atom. The van der Waals surface area contributed by atoms with Gasteiger partial charge in [0.15, 0.2) is 5.75 Å². The molecular formula is C11H10ClF3INO3. The number of rotatable bonds is 5. The van der Waals surface area contributed by atoms with Crippen molar-refractivity contribution in [2.45, 2.75) is 25.6 Å². The van der Waals surface area contributed by atoms with Crippen molar-refractivity contribution in [2.75, 3.05) is 6.61 Å². The summed E-state index contributed by atoms with van der Waals surface area (Å²) in [5, 5.41) is 0. The first-order valence-corrected chi connectivity index (χ1v) is 7.03. The standard InChI is InChI=1S/C11H10ClF3INO3/c1-2-19-8(18)3-7-9(16)10(20-11(13,14)15)6(4-12)5-17-7/h5H,2-4H2,1H3. The Morgan fingerprint density at radius 1 is 1.50 bits per heavy atom. The Bertz CT molecular complexity index is 497. The van der Waals surface area contributed by atoms with Crippen LogP contribution in [0.1, 0.15) is 18.2 Å². The molecule has 0 amide bonds. The topological polar surface area (TPSA) is 48.4 Å². The monoisotopic (exact) mass is 423 g/mol. The number of carbonyl (C=O) groups excluding carboxylic acids is 1. The number of esters is 1. The van der Waals surface area contributed by atoms with Crippen LogP contribution in [0.15, 0.2) is 6.20 Å². The van der Waals surface area contributed by atoms with Crippen molar-refractivity contribution in [3.05, 3.63) is 21.0 Å². The molecule has 20 heavy (non-hydrogen) atoms. The van der Waals surface area contributed by atoms with Gasteiger partial charge < -0.3 is 9.47 Å². The summed E-state index contributed by atoms with van der Waals surface area (Å²) in [7, 11) is 0. The number of hydrogen-bond donors (Lipinski definition) is 0. The van der Waals surface area contributed by atoms with E-state index in [1.807, 2.05) is 0 Å². The molecule has 0 aromatic carbocycles. The predicted molar refractivity (Wildman–Crippen MR) is 73.5 cm³/mol. The van der Waals surface area contributed by atoms with Crippen LogP contribution in [0.25, 0.3) is 0 Å². The van der Waals surface area contributed by atoms with Gasteiger partial charge in [0, 0.05) is 11.8 Å². The lowest BCUT2D eigenvalue weighted by atomic mass is 10.2. The highest BCUT2D eigenvalue weighted by Crippen LogP contribution is 2.33. The molecule has 0 fully saturated rings. The first-order valence-electron chi connectivity index (χ1n) is 5.42. The lowest BCUT2D eigenvalue weighted by molar-refractivity contribution is -0.275. The number of aromatic nitrogens is 1. The number of carbonyl (C=O) groups is 1. The van der Waals surface area contributed by atoms with Gasteiger partial charge in [-0.1, -0.05) is 0 Å². The van der Waals surface area contributed by atoms with Gasteiger partial charge in [-0.15, -0.1) is 24.8 Å². The summed E-state index contributed by atoms with van der Waals surface area (Å²) >= 11 is 7.20. The second-order valence-corrected chi connectivity index (χ2v) is 4.88. The van der Waals surface area contributed by atoms with E-state index in [0.29, 0.717) is 0 Å². The van der Waals surface area contributed by atoms with Crippen molar-refractivity contribution in [3.63, 3.8) is 0 Å². The quantitative estimate of drug-likeness (QED) is 0.414. The predicted octanol–water partition coefficient (Wildman–Crippen LogP) is 3.43. The summed E-state index contributed by atoms with van der Waals surface area (Å²) in [6.45, 7) is 1.81. The SMILES string of the molecule is CCOC(=O)Cc1ncc(CCl)c(OC(F)(F)F)c1I. The van der Waals surface area contributed by atoms with Crippen molar-refractivity contribution in [3.8, 4) is 5.75 Å². The Hall–Kier alpha value is -0.770. The van der Waals surface area contributed by atoms with Crippen LogP contribution in [-0.4, -0.2) is 23.9 Å². The molecule has 0 aliphatic heterocycles. The summed E-state index contributed by atoms with van der Waals surface area (Å²) < 4.78 is 45.9. The summed E-state index contributed by atoms with van der Waals surface area (Å²) in [4.78, 5) is 15.3. The van der Waals surface area contributed by atoms with E-state index < -0.39 is 18.1 Å². The zero-order valence-corrected chi connectivity index (χ0v) is 13.2. The van der Waals surface area contributed by atoms with E-state index in [1.165, 1.54) is 0 Å². The molecule has 1 rings (SSSR count). The third-order valence-electron chi connectivity index (χ3n) is 2.10. The van der Waals surface area contributed by atoms with Crippen LogP contribution in [0.2, 0.25) is 0 Å². The van der Waals surface area contributed by atoms with E-state index in [2.05, 4.69) is 9.72 Å². The van der Waals surface area contributed by atoms with Gasteiger partial charge in [0.1, 0.15) is 0 Å². The lowest BCUT2D eigenvalue weighted by Gasteiger charge is -2.15. The van der Waals surface area contributed by atoms with Crippen LogP contribution in [0.5, 0.6) is 5.75 Å². The molecule has 112 valence electrons. The smallest absolute Gasteiger partial charge is 0.466 e. The van der Waals surface area contributed by atoms with Crippen LogP contribution in [0, 0.1) is 3.57 Å². The van der Waals surface area contributed by atoms with Gasteiger partial charge in [0.25, 0.3) is 0 Å². The maximum atomic E-state index is 12.4. The second-order valence-electron chi connectivity index (χ2n) is 3.54. The van der Waals surface area contributed by atoms with Gasteiger partial charge in [0.2, 0.25) is 0 Å². The average molecular weight is 424 g/mol. The van der Waals surface area contributed by atoms with Crippen molar-refractivity contribution in [1.82, 2.24) is 4.98 Å². The fourth-order valence-electron chi connectivity index (χ4n) is 1.34. The zero-order chi connectivity index (χ0) is 15.3. The molecule has 0 bridgehead atoms. The molecule has 4 nitrogen and oxygen atoms in total. The largest absolute Gasteiger partial charge is 0.573 e. The van der Waals surface area contributed by atoms with E-state index in [1.54, 1.807) is 29.5 Å². The second kappa shape index (κ2) is 7.30. The minimum Gasteiger partial charge on any atom is -0.466 e. The Labute approximate surface area is 131 Å². The number of halogens is 5. The van der Waals surface area contributed by atoms with Crippen molar-refractivity contribution in [2.24, 2.45) is 0 Å². The van der Waals surface area contributed by atoms with E-state index in [0.717, 1.165) is 6.20 Å². The molecule has 1 heterocycles. The summed E-state index contributed by atoms with van der Waals surface area (Å²) in [6.07, 6.45) is -3.92. The first-order chi connectivity index (χ1) is 9.28. The highest BCUT2D eigenvalue weighted by atomic mass is 127. The Morgan fingerprint density at radius 3 is 2.65 bits per heavy atom. The molecular weight excluding hydrogens is 413 g/mol. The molecule has 0 atom stereocenters. The van der Waals surface area contributed by atoms with E-state index in [4.69, 9.17) is 16.3 Å². The number of pyridine rings is 1. The van der Waals surface area contributed by atoms with Gasteiger partial charge >= 0.3 is 12.3 Å². The molecule has 1 aromatic rings. The van der Waals surface area contributed by atoms with Crippen LogP contribution in [0.3, 0.4) is 0 Å². The first kappa shape index (κ1) is 17.3. The van der Waals surface area contributed by atoms with E-state index in [-0.39, 0.29) is 33.7 Å². The van der Waals surface area contributed by atoms with Gasteiger partial charge in [-0.05, 0) is 29.5 Å². The molecule has 0 aliphatic carbocycles.